The molecule has 0 aromatic carbocycles. The lowest BCUT2D eigenvalue weighted by molar-refractivity contribution is -0.161. The van der Waals surface area contributed by atoms with Crippen molar-refractivity contribution in [3.63, 3.8) is 0 Å². The van der Waals surface area contributed by atoms with Crippen LogP contribution in [0.2, 0.25) is 0 Å². The minimum atomic E-state index is -4.96. The van der Waals surface area contributed by atoms with E-state index in [4.69, 9.17) is 37.0 Å². The zero-order valence-electron chi connectivity index (χ0n) is 64.3. The first-order chi connectivity index (χ1) is 47.2. The first kappa shape index (κ1) is 96.1. The Morgan fingerprint density at radius 2 is 0.469 bits per heavy atom. The van der Waals surface area contributed by atoms with Crippen molar-refractivity contribution < 1.29 is 80.2 Å². The number of aliphatic hydroxyl groups excluding tert-OH is 1. The van der Waals surface area contributed by atoms with Gasteiger partial charge in [0, 0.05) is 25.7 Å². The number of phosphoric ester groups is 2. The third-order valence-corrected chi connectivity index (χ3v) is 20.3. The molecule has 0 aliphatic heterocycles. The van der Waals surface area contributed by atoms with E-state index in [9.17, 15) is 43.2 Å². The zero-order chi connectivity index (χ0) is 72.3. The average Bonchev–Trinajstić information content (AvgIpc) is 0.975. The highest BCUT2D eigenvalue weighted by molar-refractivity contribution is 7.47. The van der Waals surface area contributed by atoms with Crippen LogP contribution in [0.4, 0.5) is 0 Å². The van der Waals surface area contributed by atoms with Crippen LogP contribution in [0.25, 0.3) is 0 Å². The van der Waals surface area contributed by atoms with Crippen molar-refractivity contribution in [1.82, 2.24) is 0 Å². The van der Waals surface area contributed by atoms with E-state index in [2.05, 4.69) is 48.5 Å². The Labute approximate surface area is 600 Å². The van der Waals surface area contributed by atoms with Crippen molar-refractivity contribution in [3.8, 4) is 0 Å². The van der Waals surface area contributed by atoms with Gasteiger partial charge in [-0.2, -0.15) is 0 Å². The molecule has 19 heteroatoms. The van der Waals surface area contributed by atoms with Crippen molar-refractivity contribution in [2.45, 2.75) is 426 Å². The Kier molecular flexibility index (Phi) is 68.1. The van der Waals surface area contributed by atoms with Crippen LogP contribution in [-0.4, -0.2) is 96.7 Å². The van der Waals surface area contributed by atoms with Gasteiger partial charge in [0.2, 0.25) is 0 Å². The quantitative estimate of drug-likeness (QED) is 0.0222. The molecule has 582 valence electrons. The van der Waals surface area contributed by atoms with Crippen LogP contribution in [0.15, 0.2) is 0 Å². The molecule has 0 fully saturated rings. The van der Waals surface area contributed by atoms with E-state index in [1.807, 2.05) is 0 Å². The molecule has 3 N–H and O–H groups in total. The summed E-state index contributed by atoms with van der Waals surface area (Å²) in [5.74, 6) is 0.256. The lowest BCUT2D eigenvalue weighted by atomic mass is 10.0. The summed E-state index contributed by atoms with van der Waals surface area (Å²) in [6, 6.07) is 0. The second-order valence-electron chi connectivity index (χ2n) is 29.9. The summed E-state index contributed by atoms with van der Waals surface area (Å²) in [7, 11) is -9.91. The Hall–Kier alpha value is -1.94. The third kappa shape index (κ3) is 72.4. The molecule has 0 aliphatic rings. The zero-order valence-corrected chi connectivity index (χ0v) is 66.0. The van der Waals surface area contributed by atoms with E-state index >= 15 is 0 Å². The highest BCUT2D eigenvalue weighted by Gasteiger charge is 2.30. The summed E-state index contributed by atoms with van der Waals surface area (Å²) in [4.78, 5) is 72.8. The van der Waals surface area contributed by atoms with E-state index in [0.29, 0.717) is 25.7 Å². The van der Waals surface area contributed by atoms with Gasteiger partial charge < -0.3 is 33.8 Å². The summed E-state index contributed by atoms with van der Waals surface area (Å²) in [6.07, 6.45) is 57.1. The van der Waals surface area contributed by atoms with Crippen LogP contribution in [0.5, 0.6) is 0 Å². The summed E-state index contributed by atoms with van der Waals surface area (Å²) >= 11 is 0. The van der Waals surface area contributed by atoms with Crippen LogP contribution >= 0.6 is 15.6 Å². The van der Waals surface area contributed by atoms with Crippen LogP contribution in [0.3, 0.4) is 0 Å². The van der Waals surface area contributed by atoms with Crippen molar-refractivity contribution in [1.29, 1.82) is 0 Å². The number of hydrogen-bond donors (Lipinski definition) is 3. The van der Waals surface area contributed by atoms with E-state index in [1.165, 1.54) is 205 Å². The molecule has 0 amide bonds. The first-order valence-electron chi connectivity index (χ1n) is 40.8. The normalized spacial score (nSPS) is 14.0. The van der Waals surface area contributed by atoms with Gasteiger partial charge in [-0.1, -0.05) is 357 Å². The van der Waals surface area contributed by atoms with Gasteiger partial charge in [0.05, 0.1) is 26.4 Å². The molecule has 0 radical (unpaired) electrons. The number of unbranched alkanes of at least 4 members (excludes halogenated alkanes) is 45. The maximum atomic E-state index is 13.1. The number of carbonyl (C=O) groups is 4. The maximum absolute atomic E-state index is 13.1. The molecule has 0 heterocycles. The number of carbonyl (C=O) groups excluding carboxylic acids is 4. The first-order valence-corrected chi connectivity index (χ1v) is 43.8. The summed E-state index contributed by atoms with van der Waals surface area (Å²) in [5, 5.41) is 10.6. The molecule has 0 aromatic rings. The number of hydrogen-bond acceptors (Lipinski definition) is 15. The fourth-order valence-electron chi connectivity index (χ4n) is 12.1. The molecule has 0 aliphatic carbocycles. The van der Waals surface area contributed by atoms with Crippen molar-refractivity contribution >= 4 is 39.5 Å². The van der Waals surface area contributed by atoms with Gasteiger partial charge in [0.15, 0.2) is 12.2 Å². The van der Waals surface area contributed by atoms with Gasteiger partial charge >= 0.3 is 39.5 Å². The van der Waals surface area contributed by atoms with Gasteiger partial charge in [0.1, 0.15) is 19.3 Å². The third-order valence-electron chi connectivity index (χ3n) is 18.4. The average molecular weight is 1440 g/mol. The van der Waals surface area contributed by atoms with Crippen molar-refractivity contribution in [3.05, 3.63) is 0 Å². The molecule has 0 saturated carbocycles. The minimum absolute atomic E-state index is 0.106. The van der Waals surface area contributed by atoms with Crippen LogP contribution < -0.4 is 0 Å². The van der Waals surface area contributed by atoms with Crippen molar-refractivity contribution in [2.75, 3.05) is 39.6 Å². The summed E-state index contributed by atoms with van der Waals surface area (Å²) < 4.78 is 68.5. The Balaban J connectivity index is 5.18. The monoisotopic (exact) mass is 1440 g/mol. The van der Waals surface area contributed by atoms with E-state index in [1.54, 1.807) is 0 Å². The molecule has 0 rings (SSSR count). The standard InChI is InChI=1S/C79H154O17P2/c1-8-9-10-11-36-46-53-60-76(81)89-66-74(95-79(84)63-56-49-42-35-29-28-32-39-45-52-59-72(6)7)68-93-97(85,86)91-64-73(80)65-92-98(87,88)94-69-75(96-78(83)62-55-48-41-34-27-23-19-15-13-17-21-25-31-38-44-51-58-71(4)5)67-90-77(82)61-54-47-40-33-26-22-18-14-12-16-20-24-30-37-43-50-57-70(2)3/h70-75,80H,8-69H2,1-7H3,(H,85,86)(H,87,88)/t73-,74+,75+/m0/s1. The predicted molar refractivity (Wildman–Crippen MR) is 400 cm³/mol. The van der Waals surface area contributed by atoms with Crippen LogP contribution in [0, 0.1) is 17.8 Å². The Morgan fingerprint density at radius 3 is 0.694 bits per heavy atom. The largest absolute Gasteiger partial charge is 0.472 e. The smallest absolute Gasteiger partial charge is 0.462 e. The summed E-state index contributed by atoms with van der Waals surface area (Å²) in [5.41, 5.74) is 0. The highest BCUT2D eigenvalue weighted by Crippen LogP contribution is 2.45. The van der Waals surface area contributed by atoms with Crippen molar-refractivity contribution in [2.24, 2.45) is 17.8 Å². The molecule has 2 unspecified atom stereocenters. The Morgan fingerprint density at radius 1 is 0.276 bits per heavy atom. The van der Waals surface area contributed by atoms with Gasteiger partial charge in [-0.25, -0.2) is 9.13 Å². The number of phosphoric acid groups is 2. The van der Waals surface area contributed by atoms with E-state index in [0.717, 1.165) is 120 Å². The molecule has 17 nitrogen and oxygen atoms in total. The molecule has 0 saturated heterocycles. The molecule has 5 atom stereocenters. The highest BCUT2D eigenvalue weighted by atomic mass is 31.2. The summed E-state index contributed by atoms with van der Waals surface area (Å²) in [6.45, 7) is 11.9. The topological polar surface area (TPSA) is 237 Å². The van der Waals surface area contributed by atoms with Crippen LogP contribution in [-0.2, 0) is 65.4 Å². The molecule has 0 bridgehead atoms. The predicted octanol–water partition coefficient (Wildman–Crippen LogP) is 23.4. The number of esters is 4. The lowest BCUT2D eigenvalue weighted by Gasteiger charge is -2.21. The lowest BCUT2D eigenvalue weighted by Crippen LogP contribution is -2.30. The Bertz CT molecular complexity index is 1900. The molecular weight excluding hydrogens is 1280 g/mol. The number of aliphatic hydroxyl groups is 1. The van der Waals surface area contributed by atoms with Gasteiger partial charge in [0.25, 0.3) is 0 Å². The molecule has 0 spiro atoms. The fourth-order valence-corrected chi connectivity index (χ4v) is 13.7. The van der Waals surface area contributed by atoms with Gasteiger partial charge in [-0.05, 0) is 43.4 Å². The second kappa shape index (κ2) is 69.4. The minimum Gasteiger partial charge on any atom is -0.462 e. The maximum Gasteiger partial charge on any atom is 0.472 e. The number of rotatable bonds is 77. The second-order valence-corrected chi connectivity index (χ2v) is 32.8. The molecule has 0 aromatic heterocycles. The SMILES string of the molecule is CCCCCCCCCC(=O)OC[C@H](COP(=O)(O)OC[C@H](O)COP(=O)(O)OC[C@@H](COC(=O)CCCCCCCCCCCCCCCCCCC(C)C)OC(=O)CCCCCCCCCCCCCCCCCCC(C)C)OC(=O)CCCCCCCCCCCCC(C)C. The van der Waals surface area contributed by atoms with Crippen LogP contribution in [0.1, 0.15) is 408 Å². The van der Waals surface area contributed by atoms with E-state index in [-0.39, 0.29) is 25.7 Å². The fraction of sp³-hybridized carbons (Fsp3) is 0.949. The van der Waals surface area contributed by atoms with E-state index < -0.39 is 97.5 Å². The van der Waals surface area contributed by atoms with Gasteiger partial charge in [-0.15, -0.1) is 0 Å². The molecular formula is C79H154O17P2. The van der Waals surface area contributed by atoms with Gasteiger partial charge in [-0.3, -0.25) is 37.3 Å². The molecule has 98 heavy (non-hydrogen) atoms. The number of ether oxygens (including phenoxy) is 4.